The summed E-state index contributed by atoms with van der Waals surface area (Å²) in [6, 6.07) is 12.0. The fourth-order valence-corrected chi connectivity index (χ4v) is 3.37. The van der Waals surface area contributed by atoms with Crippen LogP contribution < -0.4 is 0 Å². The second-order valence-corrected chi connectivity index (χ2v) is 6.20. The molecule has 2 atom stereocenters. The molecule has 0 unspecified atom stereocenters. The first-order valence-corrected chi connectivity index (χ1v) is 8.56. The van der Waals surface area contributed by atoms with E-state index in [0.29, 0.717) is 5.69 Å². The summed E-state index contributed by atoms with van der Waals surface area (Å²) >= 11 is 0. The smallest absolute Gasteiger partial charge is 0.276 e. The van der Waals surface area contributed by atoms with Gasteiger partial charge < -0.3 is 14.2 Å². The summed E-state index contributed by atoms with van der Waals surface area (Å²) in [4.78, 5) is 14.8. The van der Waals surface area contributed by atoms with Crippen molar-refractivity contribution in [1.29, 1.82) is 0 Å². The molecule has 0 spiro atoms. The maximum Gasteiger partial charge on any atom is 0.276 e. The Morgan fingerprint density at radius 3 is 2.83 bits per heavy atom. The van der Waals surface area contributed by atoms with Gasteiger partial charge in [-0.1, -0.05) is 42.4 Å². The summed E-state index contributed by atoms with van der Waals surface area (Å²) in [5, 5.41) is 3.95. The Morgan fingerprint density at radius 1 is 1.38 bits per heavy atom. The minimum atomic E-state index is -0.0684. The molecule has 1 aliphatic heterocycles. The normalized spacial score (nSPS) is 21.0. The molecule has 0 bridgehead atoms. The lowest BCUT2D eigenvalue weighted by molar-refractivity contribution is -0.0121. The molecule has 0 N–H and O–H groups in total. The third-order valence-electron chi connectivity index (χ3n) is 4.69. The van der Waals surface area contributed by atoms with Crippen LogP contribution in [0.2, 0.25) is 0 Å². The Morgan fingerprint density at radius 2 is 2.17 bits per heavy atom. The van der Waals surface area contributed by atoms with Crippen LogP contribution in [0.1, 0.15) is 41.6 Å². The molecule has 128 valence electrons. The number of benzene rings is 1. The first kappa shape index (κ1) is 16.7. The van der Waals surface area contributed by atoms with E-state index in [0.717, 1.165) is 38.0 Å². The molecule has 3 rings (SSSR count). The van der Waals surface area contributed by atoms with Crippen molar-refractivity contribution in [1.82, 2.24) is 10.1 Å². The van der Waals surface area contributed by atoms with Crippen LogP contribution in [0.4, 0.5) is 0 Å². The Labute approximate surface area is 142 Å². The predicted molar refractivity (Wildman–Crippen MR) is 90.9 cm³/mol. The van der Waals surface area contributed by atoms with Gasteiger partial charge >= 0.3 is 0 Å². The zero-order valence-electron chi connectivity index (χ0n) is 14.3. The van der Waals surface area contributed by atoms with Gasteiger partial charge in [0.1, 0.15) is 5.76 Å². The van der Waals surface area contributed by atoms with Gasteiger partial charge in [0.15, 0.2) is 5.69 Å². The van der Waals surface area contributed by atoms with Crippen molar-refractivity contribution in [2.24, 2.45) is 0 Å². The van der Waals surface area contributed by atoms with E-state index in [2.05, 4.69) is 17.3 Å². The first-order valence-electron chi connectivity index (χ1n) is 8.56. The number of methoxy groups -OCH3 is 1. The number of aromatic nitrogens is 1. The molecule has 1 saturated heterocycles. The molecule has 5 nitrogen and oxygen atoms in total. The van der Waals surface area contributed by atoms with E-state index in [4.69, 9.17) is 9.26 Å². The lowest BCUT2D eigenvalue weighted by atomic mass is 9.92. The second kappa shape index (κ2) is 7.62. The highest BCUT2D eigenvalue weighted by atomic mass is 16.5. The summed E-state index contributed by atoms with van der Waals surface area (Å²) in [6.07, 6.45) is 3.46. The Balaban J connectivity index is 1.83. The molecule has 0 radical (unpaired) electrons. The number of hydrogen-bond donors (Lipinski definition) is 0. The van der Waals surface area contributed by atoms with Crippen LogP contribution in [-0.4, -0.2) is 41.8 Å². The van der Waals surface area contributed by atoms with Crippen LogP contribution >= 0.6 is 0 Å². The molecule has 5 heteroatoms. The van der Waals surface area contributed by atoms with Gasteiger partial charge in [-0.05, 0) is 24.8 Å². The molecule has 0 aliphatic carbocycles. The Hall–Kier alpha value is -2.14. The SMILES string of the molecule is CCc1cc(C(=O)N2CCC[C@H](OC)[C@@H]2Cc2ccccc2)no1. The summed E-state index contributed by atoms with van der Waals surface area (Å²) < 4.78 is 10.9. The number of piperidine rings is 1. The fourth-order valence-electron chi connectivity index (χ4n) is 3.37. The van der Waals surface area contributed by atoms with Crippen LogP contribution in [0.15, 0.2) is 40.9 Å². The molecule has 1 fully saturated rings. The van der Waals surface area contributed by atoms with Crippen molar-refractivity contribution < 1.29 is 14.1 Å². The van der Waals surface area contributed by atoms with Gasteiger partial charge in [0, 0.05) is 26.1 Å². The van der Waals surface area contributed by atoms with Gasteiger partial charge in [-0.2, -0.15) is 0 Å². The van der Waals surface area contributed by atoms with Crippen LogP contribution in [0.3, 0.4) is 0 Å². The van der Waals surface area contributed by atoms with Crippen molar-refractivity contribution in [3.05, 3.63) is 53.4 Å². The summed E-state index contributed by atoms with van der Waals surface area (Å²) in [7, 11) is 1.72. The minimum Gasteiger partial charge on any atom is -0.379 e. The number of carbonyl (C=O) groups is 1. The molecular weight excluding hydrogens is 304 g/mol. The third-order valence-corrected chi connectivity index (χ3v) is 4.69. The maximum atomic E-state index is 12.9. The average Bonchev–Trinajstić information content (AvgIpc) is 3.11. The number of aryl methyl sites for hydroxylation is 1. The van der Waals surface area contributed by atoms with Crippen molar-refractivity contribution in [2.75, 3.05) is 13.7 Å². The van der Waals surface area contributed by atoms with Gasteiger partial charge in [0.25, 0.3) is 5.91 Å². The molecular formula is C19H24N2O3. The van der Waals surface area contributed by atoms with E-state index in [1.165, 1.54) is 5.56 Å². The van der Waals surface area contributed by atoms with Crippen LogP contribution in [0.5, 0.6) is 0 Å². The standard InChI is InChI=1S/C19H24N2O3/c1-3-15-13-16(20-24-15)19(22)21-11-7-10-18(23-2)17(21)12-14-8-5-4-6-9-14/h4-6,8-9,13,17-18H,3,7,10-12H2,1-2H3/t17-,18-/m0/s1. The predicted octanol–water partition coefficient (Wildman–Crippen LogP) is 3.10. The summed E-state index contributed by atoms with van der Waals surface area (Å²) in [6.45, 7) is 2.71. The van der Waals surface area contributed by atoms with Crippen molar-refractivity contribution in [2.45, 2.75) is 44.8 Å². The second-order valence-electron chi connectivity index (χ2n) is 6.20. The van der Waals surface area contributed by atoms with E-state index in [1.807, 2.05) is 30.0 Å². The van der Waals surface area contributed by atoms with E-state index >= 15 is 0 Å². The molecule has 2 heterocycles. The Bertz CT molecular complexity index is 668. The van der Waals surface area contributed by atoms with Gasteiger partial charge in [-0.15, -0.1) is 0 Å². The van der Waals surface area contributed by atoms with E-state index in [-0.39, 0.29) is 18.1 Å². The maximum absolute atomic E-state index is 12.9. The van der Waals surface area contributed by atoms with Crippen LogP contribution in [0, 0.1) is 0 Å². The minimum absolute atomic E-state index is 0.0143. The lowest BCUT2D eigenvalue weighted by Crippen LogP contribution is -2.52. The zero-order valence-corrected chi connectivity index (χ0v) is 14.3. The van der Waals surface area contributed by atoms with E-state index in [9.17, 15) is 4.79 Å². The van der Waals surface area contributed by atoms with Gasteiger partial charge in [-0.25, -0.2) is 0 Å². The van der Waals surface area contributed by atoms with Gasteiger partial charge in [-0.3, -0.25) is 4.79 Å². The van der Waals surface area contributed by atoms with Gasteiger partial charge in [0.05, 0.1) is 12.1 Å². The number of ether oxygens (including phenoxy) is 1. The van der Waals surface area contributed by atoms with Crippen LogP contribution in [0.25, 0.3) is 0 Å². The van der Waals surface area contributed by atoms with Crippen LogP contribution in [-0.2, 0) is 17.6 Å². The molecule has 1 aliphatic rings. The fraction of sp³-hybridized carbons (Fsp3) is 0.474. The Kier molecular flexibility index (Phi) is 5.30. The highest BCUT2D eigenvalue weighted by Gasteiger charge is 2.35. The van der Waals surface area contributed by atoms with E-state index < -0.39 is 0 Å². The molecule has 2 aromatic rings. The topological polar surface area (TPSA) is 55.6 Å². The van der Waals surface area contributed by atoms with Crippen molar-refractivity contribution >= 4 is 5.91 Å². The molecule has 0 saturated carbocycles. The van der Waals surface area contributed by atoms with Crippen molar-refractivity contribution in [3.63, 3.8) is 0 Å². The zero-order chi connectivity index (χ0) is 16.9. The molecule has 1 amide bonds. The number of carbonyl (C=O) groups excluding carboxylic acids is 1. The summed E-state index contributed by atoms with van der Waals surface area (Å²) in [5.74, 6) is 0.666. The van der Waals surface area contributed by atoms with Gasteiger partial charge in [0.2, 0.25) is 0 Å². The molecule has 1 aromatic heterocycles. The highest BCUT2D eigenvalue weighted by molar-refractivity contribution is 5.92. The first-order chi connectivity index (χ1) is 11.7. The third kappa shape index (κ3) is 3.51. The number of rotatable bonds is 5. The lowest BCUT2D eigenvalue weighted by Gasteiger charge is -2.40. The number of nitrogens with zero attached hydrogens (tertiary/aromatic N) is 2. The number of likely N-dealkylation sites (tertiary alicyclic amines) is 1. The average molecular weight is 328 g/mol. The largest absolute Gasteiger partial charge is 0.379 e. The summed E-state index contributed by atoms with van der Waals surface area (Å²) in [5.41, 5.74) is 1.60. The molecule has 24 heavy (non-hydrogen) atoms. The highest BCUT2D eigenvalue weighted by Crippen LogP contribution is 2.25. The number of amides is 1. The molecule has 1 aromatic carbocycles. The quantitative estimate of drug-likeness (QED) is 0.846. The van der Waals surface area contributed by atoms with Crippen molar-refractivity contribution in [3.8, 4) is 0 Å². The number of hydrogen-bond acceptors (Lipinski definition) is 4. The monoisotopic (exact) mass is 328 g/mol. The van der Waals surface area contributed by atoms with E-state index in [1.54, 1.807) is 13.2 Å².